The van der Waals surface area contributed by atoms with Gasteiger partial charge in [0.05, 0.1) is 22.3 Å². The van der Waals surface area contributed by atoms with Crippen LogP contribution >= 0.6 is 7.14 Å². The Balaban J connectivity index is 1.89. The molecule has 2 bridgehead atoms. The minimum absolute atomic E-state index is 0.342. The number of nitrogens with zero attached hydrogens (tertiary/aromatic N) is 1. The predicted octanol–water partition coefficient (Wildman–Crippen LogP) is 5.58. The van der Waals surface area contributed by atoms with E-state index in [1.165, 1.54) is 0 Å². The summed E-state index contributed by atoms with van der Waals surface area (Å²) in [6, 6.07) is 32.4. The number of benzene rings is 3. The summed E-state index contributed by atoms with van der Waals surface area (Å²) in [5, 5.41) is 9.56. The zero-order valence-corrected chi connectivity index (χ0v) is 16.3. The lowest BCUT2D eigenvalue weighted by Crippen LogP contribution is -2.30. The molecule has 1 unspecified atom stereocenters. The van der Waals surface area contributed by atoms with E-state index in [9.17, 15) is 5.26 Å². The maximum atomic E-state index is 15.3. The van der Waals surface area contributed by atoms with Gasteiger partial charge in [0.1, 0.15) is 7.14 Å². The Bertz CT molecular complexity index is 1130. The Kier molecular flexibility index (Phi) is 3.73. The van der Waals surface area contributed by atoms with Gasteiger partial charge >= 0.3 is 0 Å². The zero-order chi connectivity index (χ0) is 19.2. The normalized spacial score (nSPS) is 32.9. The number of fused-ring (bicyclic) bond motifs is 2. The smallest absolute Gasteiger partial charge is 0.144 e. The van der Waals surface area contributed by atoms with Crippen LogP contribution in [0.25, 0.3) is 0 Å². The van der Waals surface area contributed by atoms with Gasteiger partial charge < -0.3 is 4.57 Å². The lowest BCUT2D eigenvalue weighted by Gasteiger charge is -2.37. The van der Waals surface area contributed by atoms with E-state index in [-0.39, 0.29) is 5.92 Å². The van der Waals surface area contributed by atoms with Crippen LogP contribution in [-0.4, -0.2) is 0 Å². The van der Waals surface area contributed by atoms with Gasteiger partial charge in [0.2, 0.25) is 0 Å². The summed E-state index contributed by atoms with van der Waals surface area (Å²) in [6.45, 7) is 0. The molecular formula is C25H20NOP. The number of hydrogen-bond acceptors (Lipinski definition) is 2. The molecule has 2 aliphatic rings. The summed E-state index contributed by atoms with van der Waals surface area (Å²) in [5.74, 6) is -0.342. The van der Waals surface area contributed by atoms with Crippen LogP contribution in [0.5, 0.6) is 0 Å². The molecule has 0 N–H and O–H groups in total. The molecule has 5 rings (SSSR count). The molecular weight excluding hydrogens is 361 g/mol. The van der Waals surface area contributed by atoms with Crippen LogP contribution in [0.4, 0.5) is 0 Å². The van der Waals surface area contributed by atoms with Crippen LogP contribution in [-0.2, 0) is 14.9 Å². The van der Waals surface area contributed by atoms with E-state index < -0.39 is 17.5 Å². The third kappa shape index (κ3) is 1.90. The van der Waals surface area contributed by atoms with Crippen LogP contribution in [0.3, 0.4) is 0 Å². The van der Waals surface area contributed by atoms with Gasteiger partial charge in [0.25, 0.3) is 0 Å². The highest BCUT2D eigenvalue weighted by molar-refractivity contribution is 7.74. The Morgan fingerprint density at radius 2 is 1.32 bits per heavy atom. The molecule has 0 aliphatic carbocycles. The SMILES string of the molecule is N#C[C@H]1C[C@@]2(c3ccccc3)C=C[C@]1(c1ccccc1)P2(=O)c1ccccc1. The fourth-order valence-corrected chi connectivity index (χ4v) is 10.1. The van der Waals surface area contributed by atoms with Gasteiger partial charge in [0, 0.05) is 5.30 Å². The molecule has 3 heteroatoms. The average molecular weight is 381 g/mol. The largest absolute Gasteiger partial charge is 0.316 e. The van der Waals surface area contributed by atoms with Gasteiger partial charge in [-0.3, -0.25) is 0 Å². The van der Waals surface area contributed by atoms with E-state index >= 15 is 4.57 Å². The summed E-state index contributed by atoms with van der Waals surface area (Å²) in [4.78, 5) is 0. The minimum atomic E-state index is -3.11. The van der Waals surface area contributed by atoms with Crippen molar-refractivity contribution in [3.63, 3.8) is 0 Å². The third-order valence-corrected chi connectivity index (χ3v) is 11.0. The molecule has 136 valence electrons. The van der Waals surface area contributed by atoms with Crippen molar-refractivity contribution in [3.8, 4) is 6.07 Å². The van der Waals surface area contributed by atoms with Crippen molar-refractivity contribution in [3.05, 3.63) is 114 Å². The molecule has 28 heavy (non-hydrogen) atoms. The Hall–Kier alpha value is -2.88. The van der Waals surface area contributed by atoms with Gasteiger partial charge in [-0.15, -0.1) is 0 Å². The standard InChI is InChI=1S/C25H20NOP/c26-19-22-18-24(20-10-4-1-5-11-20)16-17-25(22,21-12-6-2-7-13-21)28(24,27)23-14-8-3-9-15-23/h1-17,22H,18H2/t22-,24-,25-,28?/m1/s1. The zero-order valence-electron chi connectivity index (χ0n) is 15.4. The molecule has 0 radical (unpaired) electrons. The molecule has 0 saturated carbocycles. The molecule has 0 aromatic heterocycles. The lowest BCUT2D eigenvalue weighted by molar-refractivity contribution is 0.490. The van der Waals surface area contributed by atoms with Gasteiger partial charge in [-0.2, -0.15) is 5.26 Å². The minimum Gasteiger partial charge on any atom is -0.316 e. The summed E-state index contributed by atoms with van der Waals surface area (Å²) >= 11 is 0. The van der Waals surface area contributed by atoms with Crippen LogP contribution in [0.15, 0.2) is 103 Å². The third-order valence-electron chi connectivity index (χ3n) is 6.53. The monoisotopic (exact) mass is 381 g/mol. The number of allylic oxidation sites excluding steroid dienone is 2. The Morgan fingerprint density at radius 3 is 1.89 bits per heavy atom. The molecule has 1 saturated heterocycles. The van der Waals surface area contributed by atoms with E-state index in [2.05, 4.69) is 30.4 Å². The predicted molar refractivity (Wildman–Crippen MR) is 113 cm³/mol. The van der Waals surface area contributed by atoms with Crippen LogP contribution in [0, 0.1) is 17.2 Å². The molecule has 2 heterocycles. The molecule has 0 amide bonds. The first-order chi connectivity index (χ1) is 13.7. The maximum Gasteiger partial charge on any atom is 0.144 e. The molecule has 4 atom stereocenters. The molecule has 2 nitrogen and oxygen atoms in total. The second-order valence-electron chi connectivity index (χ2n) is 7.65. The first kappa shape index (κ1) is 17.2. The number of hydrogen-bond donors (Lipinski definition) is 0. The van der Waals surface area contributed by atoms with Crippen molar-refractivity contribution in [2.75, 3.05) is 0 Å². The topological polar surface area (TPSA) is 40.9 Å². The first-order valence-corrected chi connectivity index (χ1v) is 11.3. The summed E-state index contributed by atoms with van der Waals surface area (Å²) in [5.41, 5.74) is 2.01. The summed E-state index contributed by atoms with van der Waals surface area (Å²) in [6.07, 6.45) is 4.79. The summed E-state index contributed by atoms with van der Waals surface area (Å²) in [7, 11) is -3.11. The van der Waals surface area contributed by atoms with Gasteiger partial charge in [-0.25, -0.2) is 0 Å². The quantitative estimate of drug-likeness (QED) is 0.439. The first-order valence-electron chi connectivity index (χ1n) is 9.56. The number of rotatable bonds is 3. The fourth-order valence-electron chi connectivity index (χ4n) is 5.34. The van der Waals surface area contributed by atoms with Crippen molar-refractivity contribution in [1.82, 2.24) is 0 Å². The highest BCUT2D eigenvalue weighted by atomic mass is 31.2. The molecule has 0 spiro atoms. The Labute approximate surface area is 165 Å². The Morgan fingerprint density at radius 1 is 0.786 bits per heavy atom. The van der Waals surface area contributed by atoms with Gasteiger partial charge in [-0.1, -0.05) is 103 Å². The fraction of sp³-hybridized carbons (Fsp3) is 0.160. The highest BCUT2D eigenvalue weighted by Crippen LogP contribution is 2.86. The molecule has 2 aliphatic heterocycles. The van der Waals surface area contributed by atoms with Crippen molar-refractivity contribution in [2.24, 2.45) is 5.92 Å². The van der Waals surface area contributed by atoms with Crippen LogP contribution in [0.1, 0.15) is 17.5 Å². The van der Waals surface area contributed by atoms with E-state index in [4.69, 9.17) is 0 Å². The molecule has 3 aromatic rings. The van der Waals surface area contributed by atoms with Crippen LogP contribution < -0.4 is 5.30 Å². The van der Waals surface area contributed by atoms with E-state index in [1.54, 1.807) is 0 Å². The van der Waals surface area contributed by atoms with E-state index in [0.717, 1.165) is 16.4 Å². The highest BCUT2D eigenvalue weighted by Gasteiger charge is 2.73. The molecule has 1 fully saturated rings. The van der Waals surface area contributed by atoms with Gasteiger partial charge in [-0.05, 0) is 17.5 Å². The lowest BCUT2D eigenvalue weighted by atomic mass is 9.74. The van der Waals surface area contributed by atoms with Crippen molar-refractivity contribution in [1.29, 1.82) is 5.26 Å². The second-order valence-corrected chi connectivity index (χ2v) is 10.9. The maximum absolute atomic E-state index is 15.3. The number of nitriles is 1. The molecule has 3 aromatic carbocycles. The summed E-state index contributed by atoms with van der Waals surface area (Å²) < 4.78 is 15.3. The van der Waals surface area contributed by atoms with Crippen molar-refractivity contribution in [2.45, 2.75) is 16.7 Å². The second kappa shape index (κ2) is 6.06. The van der Waals surface area contributed by atoms with Crippen molar-refractivity contribution < 1.29 is 4.57 Å². The van der Waals surface area contributed by atoms with E-state index in [0.29, 0.717) is 6.42 Å². The van der Waals surface area contributed by atoms with Gasteiger partial charge in [0.15, 0.2) is 0 Å². The van der Waals surface area contributed by atoms with Crippen molar-refractivity contribution >= 4 is 12.4 Å². The van der Waals surface area contributed by atoms with Crippen LogP contribution in [0.2, 0.25) is 0 Å². The van der Waals surface area contributed by atoms with E-state index in [1.807, 2.05) is 78.9 Å². The average Bonchev–Trinajstić information content (AvgIpc) is 3.18.